The van der Waals surface area contributed by atoms with E-state index in [1.54, 1.807) is 6.07 Å². The normalized spacial score (nSPS) is 19.2. The van der Waals surface area contributed by atoms with Crippen LogP contribution in [0, 0.1) is 0 Å². The lowest BCUT2D eigenvalue weighted by atomic mass is 9.99. The van der Waals surface area contributed by atoms with Crippen LogP contribution in [0.1, 0.15) is 6.42 Å². The van der Waals surface area contributed by atoms with Crippen LogP contribution in [0.15, 0.2) is 126 Å². The van der Waals surface area contributed by atoms with E-state index in [2.05, 4.69) is 16.0 Å². The van der Waals surface area contributed by atoms with E-state index in [1.165, 1.54) is 0 Å². The van der Waals surface area contributed by atoms with E-state index < -0.39 is 12.3 Å². The molecule has 0 bridgehead atoms. The summed E-state index contributed by atoms with van der Waals surface area (Å²) in [6, 6.07) is 38.7. The van der Waals surface area contributed by atoms with Crippen molar-refractivity contribution >= 4 is 16.6 Å². The zero-order valence-corrected chi connectivity index (χ0v) is 20.8. The first kappa shape index (κ1) is 23.7. The molecule has 1 aliphatic rings. The number of para-hydroxylation sites is 3. The van der Waals surface area contributed by atoms with Crippen molar-refractivity contribution in [1.82, 2.24) is 4.98 Å². The van der Waals surface area contributed by atoms with Crippen LogP contribution in [0.4, 0.5) is 5.69 Å². The summed E-state index contributed by atoms with van der Waals surface area (Å²) in [4.78, 5) is 17.2. The van der Waals surface area contributed by atoms with E-state index in [0.717, 1.165) is 33.8 Å². The Hall–Kier alpha value is -4.71. The summed E-state index contributed by atoms with van der Waals surface area (Å²) in [6.07, 6.45) is -0.541. The molecule has 38 heavy (non-hydrogen) atoms. The molecule has 0 spiro atoms. The minimum atomic E-state index is -0.516. The lowest BCUT2D eigenvalue weighted by Crippen LogP contribution is -2.61. The van der Waals surface area contributed by atoms with E-state index in [-0.39, 0.29) is 11.7 Å². The highest BCUT2D eigenvalue weighted by Gasteiger charge is 2.44. The number of nitrogens with zero attached hydrogens (tertiary/aromatic N) is 1. The lowest BCUT2D eigenvalue weighted by Gasteiger charge is -2.45. The number of nitrogens with one attached hydrogen (secondary N) is 1. The number of H-pyrrole nitrogens is 1. The van der Waals surface area contributed by atoms with Gasteiger partial charge in [-0.25, -0.2) is 0 Å². The molecule has 6 nitrogen and oxygen atoms in total. The maximum atomic E-state index is 12.0. The molecule has 190 valence electrons. The summed E-state index contributed by atoms with van der Waals surface area (Å²) in [7, 11) is 0. The number of piperidine rings is 1. The number of hydrogen-bond donors (Lipinski definition) is 1. The van der Waals surface area contributed by atoms with E-state index >= 15 is 0 Å². The van der Waals surface area contributed by atoms with Crippen molar-refractivity contribution in [3.8, 4) is 17.2 Å². The van der Waals surface area contributed by atoms with Crippen molar-refractivity contribution in [1.29, 1.82) is 0 Å². The Bertz CT molecular complexity index is 1540. The lowest BCUT2D eigenvalue weighted by molar-refractivity contribution is -0.0428. The van der Waals surface area contributed by atoms with Gasteiger partial charge < -0.3 is 24.1 Å². The SMILES string of the molecule is O=c1ccc2c(N3CCC(Oc4ccccc4)C(Oc4ccccc4)C3Oc3ccccc3)cccc2[nH]1. The fourth-order valence-electron chi connectivity index (χ4n) is 4.96. The maximum absolute atomic E-state index is 12.0. The van der Waals surface area contributed by atoms with Gasteiger partial charge in [0.25, 0.3) is 0 Å². The third kappa shape index (κ3) is 5.06. The first-order valence-corrected chi connectivity index (χ1v) is 12.8. The van der Waals surface area contributed by atoms with Crippen LogP contribution in [-0.2, 0) is 0 Å². The van der Waals surface area contributed by atoms with E-state index in [0.29, 0.717) is 13.0 Å². The van der Waals surface area contributed by atoms with Crippen LogP contribution in [0.2, 0.25) is 0 Å². The minimum Gasteiger partial charge on any atom is -0.486 e. The number of anilines is 1. The number of benzene rings is 4. The van der Waals surface area contributed by atoms with Gasteiger partial charge in [0.15, 0.2) is 6.10 Å². The highest BCUT2D eigenvalue weighted by molar-refractivity contribution is 5.91. The van der Waals surface area contributed by atoms with Gasteiger partial charge in [0, 0.05) is 30.1 Å². The van der Waals surface area contributed by atoms with Gasteiger partial charge in [-0.3, -0.25) is 4.79 Å². The predicted octanol–water partition coefficient (Wildman–Crippen LogP) is 6.04. The number of rotatable bonds is 7. The molecule has 1 aromatic heterocycles. The molecule has 3 unspecified atom stereocenters. The molecule has 6 rings (SSSR count). The molecular formula is C32H28N2O4. The average molecular weight is 505 g/mol. The van der Waals surface area contributed by atoms with Gasteiger partial charge in [0.2, 0.25) is 11.8 Å². The molecule has 5 aromatic rings. The van der Waals surface area contributed by atoms with Crippen LogP contribution < -0.4 is 24.7 Å². The summed E-state index contributed by atoms with van der Waals surface area (Å²) in [5.74, 6) is 2.26. The first-order valence-electron chi connectivity index (χ1n) is 12.8. The van der Waals surface area contributed by atoms with Crippen molar-refractivity contribution in [3.63, 3.8) is 0 Å². The highest BCUT2D eigenvalue weighted by atomic mass is 16.6. The number of pyridine rings is 1. The van der Waals surface area contributed by atoms with Crippen LogP contribution in [-0.4, -0.2) is 30.0 Å². The fourth-order valence-corrected chi connectivity index (χ4v) is 4.96. The molecule has 1 fully saturated rings. The molecule has 1 saturated heterocycles. The number of aromatic nitrogens is 1. The number of aromatic amines is 1. The average Bonchev–Trinajstić information content (AvgIpc) is 2.96. The molecule has 0 radical (unpaired) electrons. The minimum absolute atomic E-state index is 0.132. The summed E-state index contributed by atoms with van der Waals surface area (Å²) < 4.78 is 19.9. The molecular weight excluding hydrogens is 476 g/mol. The van der Waals surface area contributed by atoms with E-state index in [9.17, 15) is 4.79 Å². The first-order chi connectivity index (χ1) is 18.7. The number of ether oxygens (including phenoxy) is 3. The quantitative estimate of drug-likeness (QED) is 0.293. The van der Waals surface area contributed by atoms with Gasteiger partial charge in [0.1, 0.15) is 23.4 Å². The van der Waals surface area contributed by atoms with Crippen LogP contribution in [0.25, 0.3) is 10.9 Å². The number of fused-ring (bicyclic) bond motifs is 1. The van der Waals surface area contributed by atoms with Crippen LogP contribution in [0.5, 0.6) is 17.2 Å². The van der Waals surface area contributed by atoms with Gasteiger partial charge >= 0.3 is 0 Å². The summed E-state index contributed by atoms with van der Waals surface area (Å²) in [6.45, 7) is 0.669. The zero-order chi connectivity index (χ0) is 25.7. The van der Waals surface area contributed by atoms with Gasteiger partial charge in [-0.2, -0.15) is 0 Å². The summed E-state index contributed by atoms with van der Waals surface area (Å²) in [5.41, 5.74) is 1.60. The second kappa shape index (κ2) is 10.7. The molecule has 1 N–H and O–H groups in total. The largest absolute Gasteiger partial charge is 0.486 e. The Balaban J connectivity index is 1.44. The van der Waals surface area contributed by atoms with Crippen molar-refractivity contribution in [2.24, 2.45) is 0 Å². The molecule has 6 heteroatoms. The third-order valence-electron chi connectivity index (χ3n) is 6.71. The van der Waals surface area contributed by atoms with Gasteiger partial charge in [-0.1, -0.05) is 60.7 Å². The number of hydrogen-bond acceptors (Lipinski definition) is 5. The standard InChI is InChI=1S/C32H28N2O4/c35-30-20-19-26-27(33-30)17-10-18-28(26)34-22-21-29(36-23-11-4-1-5-12-23)31(37-24-13-6-2-7-14-24)32(34)38-25-15-8-3-9-16-25/h1-20,29,31-32H,21-22H2,(H,33,35). The van der Waals surface area contributed by atoms with E-state index in [1.807, 2.05) is 109 Å². The maximum Gasteiger partial charge on any atom is 0.248 e. The molecule has 1 aliphatic heterocycles. The van der Waals surface area contributed by atoms with E-state index in [4.69, 9.17) is 14.2 Å². The van der Waals surface area contributed by atoms with Crippen LogP contribution in [0.3, 0.4) is 0 Å². The summed E-state index contributed by atoms with van der Waals surface area (Å²) >= 11 is 0. The topological polar surface area (TPSA) is 63.8 Å². The second-order valence-corrected chi connectivity index (χ2v) is 9.23. The van der Waals surface area contributed by atoms with Crippen LogP contribution >= 0.6 is 0 Å². The van der Waals surface area contributed by atoms with Crippen molar-refractivity contribution < 1.29 is 14.2 Å². The van der Waals surface area contributed by atoms with Crippen molar-refractivity contribution in [2.75, 3.05) is 11.4 Å². The Labute approximate surface area is 221 Å². The highest BCUT2D eigenvalue weighted by Crippen LogP contribution is 2.35. The van der Waals surface area contributed by atoms with Crippen molar-refractivity contribution in [2.45, 2.75) is 24.9 Å². The Morgan fingerprint density at radius 2 is 1.24 bits per heavy atom. The molecule has 0 saturated carbocycles. The smallest absolute Gasteiger partial charge is 0.248 e. The van der Waals surface area contributed by atoms with Crippen molar-refractivity contribution in [3.05, 3.63) is 132 Å². The molecule has 0 amide bonds. The summed E-state index contributed by atoms with van der Waals surface area (Å²) in [5, 5.41) is 0.939. The fraction of sp³-hybridized carbons (Fsp3) is 0.156. The van der Waals surface area contributed by atoms with Gasteiger partial charge in [-0.15, -0.1) is 0 Å². The molecule has 2 heterocycles. The predicted molar refractivity (Wildman–Crippen MR) is 149 cm³/mol. The second-order valence-electron chi connectivity index (χ2n) is 9.23. The Kier molecular flexibility index (Phi) is 6.68. The third-order valence-corrected chi connectivity index (χ3v) is 6.71. The zero-order valence-electron chi connectivity index (χ0n) is 20.8. The molecule has 0 aliphatic carbocycles. The van der Waals surface area contributed by atoms with Gasteiger partial charge in [0.05, 0.1) is 5.52 Å². The molecule has 4 aromatic carbocycles. The van der Waals surface area contributed by atoms with Gasteiger partial charge in [-0.05, 0) is 54.6 Å². The monoisotopic (exact) mass is 504 g/mol. The molecule has 3 atom stereocenters. The Morgan fingerprint density at radius 3 is 1.89 bits per heavy atom. The Morgan fingerprint density at radius 1 is 0.632 bits per heavy atom.